The summed E-state index contributed by atoms with van der Waals surface area (Å²) in [5.41, 5.74) is 1.87. The van der Waals surface area contributed by atoms with Gasteiger partial charge in [-0.15, -0.1) is 0 Å². The van der Waals surface area contributed by atoms with E-state index < -0.39 is 53.4 Å². The van der Waals surface area contributed by atoms with Gasteiger partial charge in [-0.1, -0.05) is 76.2 Å². The molecule has 6 rings (SSSR count). The van der Waals surface area contributed by atoms with E-state index in [-0.39, 0.29) is 29.8 Å². The third kappa shape index (κ3) is 4.99. The van der Waals surface area contributed by atoms with Gasteiger partial charge in [0.1, 0.15) is 0 Å². The van der Waals surface area contributed by atoms with Gasteiger partial charge >= 0.3 is 0 Å². The van der Waals surface area contributed by atoms with Crippen LogP contribution >= 0.6 is 0 Å². The van der Waals surface area contributed by atoms with Crippen molar-refractivity contribution in [2.24, 2.45) is 33.5 Å². The highest BCUT2D eigenvalue weighted by molar-refractivity contribution is 7.86. The van der Waals surface area contributed by atoms with Crippen LogP contribution in [0.2, 0.25) is 0 Å². The number of Topliss-reactive ketones (excluding diaryl/α,β-unsaturated/α-hetero) is 2. The van der Waals surface area contributed by atoms with Gasteiger partial charge in [0, 0.05) is 16.7 Å². The molecule has 10 heteroatoms. The van der Waals surface area contributed by atoms with E-state index in [2.05, 4.69) is 0 Å². The molecular weight excluding hydrogens is 613 g/mol. The largest absolute Gasteiger partial charge is 0.748 e. The first-order valence-electron chi connectivity index (χ1n) is 15.4. The molecule has 4 bridgehead atoms. The van der Waals surface area contributed by atoms with E-state index >= 15 is 0 Å². The maximum Gasteiger partial charge on any atom is 0.166 e. The molecule has 0 unspecified atom stereocenters. The van der Waals surface area contributed by atoms with E-state index in [0.29, 0.717) is 30.4 Å². The predicted molar refractivity (Wildman–Crippen MR) is 169 cm³/mol. The SMILES string of the molecule is CC1(C)[C@@H]2CC[C@@]1(CCS(=O)(=O)[O-])C(=O)/C2=C\c1ccc(-c2ccc(/C=C3\C(=O)[C@]4(CS(=O)(=O)[O-])CC[C@H]3C4(C)C)cc2)cc1. The van der Waals surface area contributed by atoms with Crippen LogP contribution < -0.4 is 0 Å². The van der Waals surface area contributed by atoms with Crippen LogP contribution in [0.4, 0.5) is 0 Å². The van der Waals surface area contributed by atoms with Gasteiger partial charge in [-0.25, -0.2) is 16.8 Å². The molecule has 4 aliphatic carbocycles. The van der Waals surface area contributed by atoms with E-state index in [9.17, 15) is 35.5 Å². The molecule has 4 saturated carbocycles. The summed E-state index contributed by atoms with van der Waals surface area (Å²) in [4.78, 5) is 27.1. The number of fused-ring (bicyclic) bond motifs is 4. The minimum atomic E-state index is -4.57. The van der Waals surface area contributed by atoms with Crippen LogP contribution in [0.3, 0.4) is 0 Å². The maximum absolute atomic E-state index is 13.6. The van der Waals surface area contributed by atoms with Crippen molar-refractivity contribution in [3.8, 4) is 11.1 Å². The molecule has 4 atom stereocenters. The average Bonchev–Trinajstić information content (AvgIpc) is 3.46. The topological polar surface area (TPSA) is 149 Å². The number of allylic oxidation sites excluding steroid dienone is 2. The van der Waals surface area contributed by atoms with Crippen LogP contribution in [0.15, 0.2) is 59.7 Å². The summed E-state index contributed by atoms with van der Waals surface area (Å²) in [6.07, 6.45) is 6.25. The smallest absolute Gasteiger partial charge is 0.166 e. The first kappa shape index (κ1) is 32.0. The quantitative estimate of drug-likeness (QED) is 0.264. The van der Waals surface area contributed by atoms with E-state index in [4.69, 9.17) is 0 Å². The van der Waals surface area contributed by atoms with Crippen LogP contribution in [-0.4, -0.2) is 49.0 Å². The van der Waals surface area contributed by atoms with Crippen molar-refractivity contribution in [2.45, 2.75) is 59.8 Å². The second-order valence-electron chi connectivity index (χ2n) is 14.6. The van der Waals surface area contributed by atoms with Gasteiger partial charge in [-0.2, -0.15) is 0 Å². The second-order valence-corrected chi connectivity index (χ2v) is 17.5. The van der Waals surface area contributed by atoms with Gasteiger partial charge in [0.15, 0.2) is 11.6 Å². The fraction of sp³-hybridized carbons (Fsp3) is 0.486. The lowest BCUT2D eigenvalue weighted by Gasteiger charge is -2.36. The minimum absolute atomic E-state index is 0.00724. The summed E-state index contributed by atoms with van der Waals surface area (Å²) in [7, 11) is -8.99. The normalized spacial score (nSPS) is 31.9. The van der Waals surface area contributed by atoms with Crippen molar-refractivity contribution < 1.29 is 35.5 Å². The summed E-state index contributed by atoms with van der Waals surface area (Å²) in [6, 6.07) is 15.6. The van der Waals surface area contributed by atoms with Gasteiger partial charge in [0.05, 0.1) is 31.4 Å². The fourth-order valence-corrected chi connectivity index (χ4v) is 11.2. The Morgan fingerprint density at radius 3 is 1.49 bits per heavy atom. The number of carbonyl (C=O) groups excluding carboxylic acids is 2. The van der Waals surface area contributed by atoms with E-state index in [1.807, 2.05) is 88.4 Å². The molecule has 0 N–H and O–H groups in total. The number of rotatable bonds is 8. The fourth-order valence-electron chi connectivity index (χ4n) is 9.30. The molecule has 45 heavy (non-hydrogen) atoms. The van der Waals surface area contributed by atoms with E-state index in [1.54, 1.807) is 0 Å². The molecule has 2 aromatic rings. The number of ketones is 2. The van der Waals surface area contributed by atoms with E-state index in [0.717, 1.165) is 28.7 Å². The maximum atomic E-state index is 13.6. The van der Waals surface area contributed by atoms with Crippen LogP contribution in [0.1, 0.15) is 70.9 Å². The zero-order chi connectivity index (χ0) is 32.8. The Kier molecular flexibility index (Phi) is 7.33. The highest BCUT2D eigenvalue weighted by Gasteiger charge is 2.67. The Morgan fingerprint density at radius 2 is 1.07 bits per heavy atom. The van der Waals surface area contributed by atoms with Gasteiger partial charge in [-0.3, -0.25) is 9.59 Å². The van der Waals surface area contributed by atoms with Gasteiger partial charge < -0.3 is 9.11 Å². The van der Waals surface area contributed by atoms with Gasteiger partial charge in [-0.05, 0) is 94.7 Å². The number of hydrogen-bond donors (Lipinski definition) is 0. The van der Waals surface area contributed by atoms with Crippen LogP contribution in [0.25, 0.3) is 23.3 Å². The third-order valence-electron chi connectivity index (χ3n) is 12.1. The molecule has 0 amide bonds. The van der Waals surface area contributed by atoms with Crippen molar-refractivity contribution in [1.29, 1.82) is 0 Å². The molecule has 0 aliphatic heterocycles. The number of benzene rings is 2. The highest BCUT2D eigenvalue weighted by atomic mass is 32.2. The molecule has 2 aromatic carbocycles. The molecule has 240 valence electrons. The Hall–Kier alpha value is -2.92. The monoisotopic (exact) mass is 650 g/mol. The predicted octanol–water partition coefficient (Wildman–Crippen LogP) is 5.61. The van der Waals surface area contributed by atoms with Crippen LogP contribution in [0.5, 0.6) is 0 Å². The van der Waals surface area contributed by atoms with Crippen molar-refractivity contribution in [1.82, 2.24) is 0 Å². The Bertz CT molecular complexity index is 1870. The molecular formula is C35H38O8S2-2. The molecule has 4 fully saturated rings. The molecule has 0 saturated heterocycles. The average molecular weight is 651 g/mol. The Morgan fingerprint density at radius 1 is 0.667 bits per heavy atom. The van der Waals surface area contributed by atoms with Gasteiger partial charge in [0.25, 0.3) is 0 Å². The number of hydrogen-bond acceptors (Lipinski definition) is 8. The lowest BCUT2D eigenvalue weighted by Crippen LogP contribution is -2.42. The van der Waals surface area contributed by atoms with Crippen molar-refractivity contribution >= 4 is 44.0 Å². The van der Waals surface area contributed by atoms with Crippen molar-refractivity contribution in [2.75, 3.05) is 11.5 Å². The molecule has 0 heterocycles. The molecule has 8 nitrogen and oxygen atoms in total. The zero-order valence-electron chi connectivity index (χ0n) is 26.0. The lowest BCUT2D eigenvalue weighted by molar-refractivity contribution is -0.127. The molecule has 0 radical (unpaired) electrons. The van der Waals surface area contributed by atoms with Crippen molar-refractivity contribution in [3.05, 3.63) is 70.8 Å². The lowest BCUT2D eigenvalue weighted by atomic mass is 9.67. The molecule has 0 aromatic heterocycles. The standard InChI is InChI=1S/C35H40O8S2/c1-32(2)28-13-15-34(32,17-18-44(38,39)40)30(36)26(28)19-22-5-9-24(10-6-22)25-11-7-23(8-12-25)20-27-29-14-16-35(31(27)37,33(29,3)4)21-45(41,42)43/h5-12,19-20,28-29H,13-18,21H2,1-4H3,(H,38,39,40)(H,41,42,43)/p-2/b26-19-,27-20-/t28-,29-,34-,35-/m1/s1. The first-order valence-corrected chi connectivity index (χ1v) is 18.6. The van der Waals surface area contributed by atoms with Crippen LogP contribution in [0, 0.1) is 33.5 Å². The summed E-state index contributed by atoms with van der Waals surface area (Å²) < 4.78 is 69.3. The van der Waals surface area contributed by atoms with E-state index in [1.165, 1.54) is 0 Å². The third-order valence-corrected chi connectivity index (χ3v) is 13.6. The van der Waals surface area contributed by atoms with Crippen molar-refractivity contribution in [3.63, 3.8) is 0 Å². The molecule has 0 spiro atoms. The summed E-state index contributed by atoms with van der Waals surface area (Å²) in [5.74, 6) is -1.56. The van der Waals surface area contributed by atoms with Gasteiger partial charge in [0.2, 0.25) is 0 Å². The Balaban J connectivity index is 1.21. The Labute approximate surface area is 265 Å². The molecule has 4 aliphatic rings. The number of carbonyl (C=O) groups is 2. The first-order chi connectivity index (χ1) is 20.8. The summed E-state index contributed by atoms with van der Waals surface area (Å²) in [6.45, 7) is 7.80. The zero-order valence-corrected chi connectivity index (χ0v) is 27.6. The summed E-state index contributed by atoms with van der Waals surface area (Å²) >= 11 is 0. The minimum Gasteiger partial charge on any atom is -0.748 e. The summed E-state index contributed by atoms with van der Waals surface area (Å²) in [5, 5.41) is 0. The van der Waals surface area contributed by atoms with Crippen LogP contribution in [-0.2, 0) is 29.8 Å². The second kappa shape index (κ2) is 10.3. The highest BCUT2D eigenvalue weighted by Crippen LogP contribution is 2.68.